The first-order chi connectivity index (χ1) is 12.2. The second kappa shape index (κ2) is 10.4. The Kier molecular flexibility index (Phi) is 8.22. The number of aliphatic imine (C=N–C) groups is 1. The molecule has 25 heavy (non-hydrogen) atoms. The molecule has 5 nitrogen and oxygen atoms in total. The number of nitrogens with one attached hydrogen (secondary N) is 2. The number of nitrogens with zero attached hydrogens (tertiary/aromatic N) is 2. The molecule has 1 fully saturated rings. The Morgan fingerprint density at radius 2 is 2.04 bits per heavy atom. The van der Waals surface area contributed by atoms with Crippen molar-refractivity contribution in [1.82, 2.24) is 15.5 Å². The summed E-state index contributed by atoms with van der Waals surface area (Å²) in [5, 5.41) is 6.86. The van der Waals surface area contributed by atoms with E-state index in [4.69, 9.17) is 9.73 Å². The molecule has 0 aliphatic carbocycles. The van der Waals surface area contributed by atoms with Gasteiger partial charge in [0.1, 0.15) is 0 Å². The smallest absolute Gasteiger partial charge is 0.191 e. The van der Waals surface area contributed by atoms with Gasteiger partial charge in [-0.15, -0.1) is 0 Å². The Labute approximate surface area is 152 Å². The van der Waals surface area contributed by atoms with Gasteiger partial charge in [-0.3, -0.25) is 4.90 Å². The van der Waals surface area contributed by atoms with Crippen LogP contribution in [-0.2, 0) is 17.7 Å². The van der Waals surface area contributed by atoms with Gasteiger partial charge in [0, 0.05) is 31.7 Å². The van der Waals surface area contributed by atoms with Crippen LogP contribution in [0.1, 0.15) is 38.8 Å². The van der Waals surface area contributed by atoms with Crippen LogP contribution in [0.2, 0.25) is 0 Å². The van der Waals surface area contributed by atoms with Crippen LogP contribution in [0.15, 0.2) is 29.3 Å². The topological polar surface area (TPSA) is 48.9 Å². The zero-order valence-electron chi connectivity index (χ0n) is 16.2. The van der Waals surface area contributed by atoms with Crippen molar-refractivity contribution in [3.8, 4) is 0 Å². The van der Waals surface area contributed by atoms with E-state index in [0.29, 0.717) is 18.6 Å². The molecule has 1 aliphatic rings. The maximum Gasteiger partial charge on any atom is 0.191 e. The number of hydrogen-bond donors (Lipinski definition) is 2. The minimum atomic E-state index is 0.450. The van der Waals surface area contributed by atoms with Gasteiger partial charge in [0.2, 0.25) is 0 Å². The monoisotopic (exact) mass is 346 g/mol. The summed E-state index contributed by atoms with van der Waals surface area (Å²) in [6.07, 6.45) is 1.04. The number of guanidine groups is 1. The highest BCUT2D eigenvalue weighted by atomic mass is 16.5. The molecule has 5 heteroatoms. The zero-order chi connectivity index (χ0) is 18.1. The lowest BCUT2D eigenvalue weighted by Gasteiger charge is -2.38. The highest BCUT2D eigenvalue weighted by molar-refractivity contribution is 5.79. The van der Waals surface area contributed by atoms with Crippen LogP contribution in [0, 0.1) is 0 Å². The van der Waals surface area contributed by atoms with Crippen molar-refractivity contribution in [2.75, 3.05) is 32.8 Å². The first-order valence-corrected chi connectivity index (χ1v) is 9.58. The normalized spacial score (nSPS) is 20.3. The fourth-order valence-electron chi connectivity index (χ4n) is 3.32. The van der Waals surface area contributed by atoms with Crippen molar-refractivity contribution in [2.24, 2.45) is 4.99 Å². The molecule has 1 aromatic carbocycles. The van der Waals surface area contributed by atoms with Gasteiger partial charge in [0.15, 0.2) is 5.96 Å². The van der Waals surface area contributed by atoms with Crippen LogP contribution in [0.25, 0.3) is 0 Å². The van der Waals surface area contributed by atoms with Crippen LogP contribution in [0.3, 0.4) is 0 Å². The summed E-state index contributed by atoms with van der Waals surface area (Å²) in [5.74, 6) is 0.890. The third kappa shape index (κ3) is 6.01. The number of rotatable bonds is 7. The molecule has 1 heterocycles. The lowest BCUT2D eigenvalue weighted by atomic mass is 10.1. The molecule has 0 amide bonds. The Morgan fingerprint density at radius 3 is 2.72 bits per heavy atom. The number of morpholine rings is 1. The van der Waals surface area contributed by atoms with E-state index < -0.39 is 0 Å². The number of ether oxygens (including phenoxy) is 1. The maximum absolute atomic E-state index is 5.54. The first-order valence-electron chi connectivity index (χ1n) is 9.58. The maximum atomic E-state index is 5.54. The predicted octanol–water partition coefficient (Wildman–Crippen LogP) is 2.41. The van der Waals surface area contributed by atoms with Gasteiger partial charge in [0.25, 0.3) is 0 Å². The molecule has 2 rings (SSSR count). The van der Waals surface area contributed by atoms with Crippen LogP contribution >= 0.6 is 0 Å². The minimum absolute atomic E-state index is 0.450. The third-order valence-corrected chi connectivity index (χ3v) is 4.80. The quantitative estimate of drug-likeness (QED) is 0.588. The molecule has 0 saturated carbocycles. The second-order valence-electron chi connectivity index (χ2n) is 6.71. The summed E-state index contributed by atoms with van der Waals surface area (Å²) in [7, 11) is 0. The molecular formula is C20H34N4O. The van der Waals surface area contributed by atoms with Gasteiger partial charge in [-0.05, 0) is 38.3 Å². The van der Waals surface area contributed by atoms with E-state index >= 15 is 0 Å². The largest absolute Gasteiger partial charge is 0.379 e. The number of hydrogen-bond acceptors (Lipinski definition) is 3. The van der Waals surface area contributed by atoms with E-state index in [2.05, 4.69) is 67.5 Å². The highest BCUT2D eigenvalue weighted by Gasteiger charge is 2.23. The Morgan fingerprint density at radius 1 is 1.28 bits per heavy atom. The van der Waals surface area contributed by atoms with Crippen LogP contribution in [0.5, 0.6) is 0 Å². The average molecular weight is 347 g/mol. The van der Waals surface area contributed by atoms with E-state index in [0.717, 1.165) is 45.2 Å². The molecule has 1 aromatic rings. The Bertz CT molecular complexity index is 546. The van der Waals surface area contributed by atoms with Gasteiger partial charge in [-0.2, -0.15) is 0 Å². The standard InChI is InChI=1S/C20H34N4O/c1-5-18-9-7-8-10-19(18)14-23-20(21-6-2)22-13-16(3)24-11-12-25-15-17(24)4/h7-10,16-17H,5-6,11-15H2,1-4H3,(H2,21,22,23). The molecule has 0 aromatic heterocycles. The number of aryl methyl sites for hydroxylation is 1. The van der Waals surface area contributed by atoms with Crippen molar-refractivity contribution < 1.29 is 4.74 Å². The van der Waals surface area contributed by atoms with E-state index in [-0.39, 0.29) is 0 Å². The molecule has 2 N–H and O–H groups in total. The number of benzene rings is 1. The molecule has 2 atom stereocenters. The van der Waals surface area contributed by atoms with E-state index in [9.17, 15) is 0 Å². The zero-order valence-corrected chi connectivity index (χ0v) is 16.2. The molecule has 0 radical (unpaired) electrons. The molecule has 140 valence electrons. The lowest BCUT2D eigenvalue weighted by Crippen LogP contribution is -2.53. The van der Waals surface area contributed by atoms with E-state index in [1.165, 1.54) is 11.1 Å². The SMILES string of the molecule is CCNC(=NCc1ccccc1CC)NCC(C)N1CCOCC1C. The molecular weight excluding hydrogens is 312 g/mol. The fourth-order valence-corrected chi connectivity index (χ4v) is 3.32. The van der Waals surface area contributed by atoms with Crippen molar-refractivity contribution in [1.29, 1.82) is 0 Å². The summed E-state index contributed by atoms with van der Waals surface area (Å²) < 4.78 is 5.54. The summed E-state index contributed by atoms with van der Waals surface area (Å²) in [5.41, 5.74) is 2.68. The fraction of sp³-hybridized carbons (Fsp3) is 0.650. The van der Waals surface area contributed by atoms with Crippen molar-refractivity contribution in [2.45, 2.75) is 52.7 Å². The van der Waals surface area contributed by atoms with Gasteiger partial charge in [-0.25, -0.2) is 4.99 Å². The Hall–Kier alpha value is -1.59. The van der Waals surface area contributed by atoms with Crippen molar-refractivity contribution >= 4 is 5.96 Å². The van der Waals surface area contributed by atoms with Gasteiger partial charge in [0.05, 0.1) is 19.8 Å². The van der Waals surface area contributed by atoms with Crippen LogP contribution < -0.4 is 10.6 Å². The van der Waals surface area contributed by atoms with E-state index in [1.54, 1.807) is 0 Å². The summed E-state index contributed by atoms with van der Waals surface area (Å²) in [6, 6.07) is 9.47. The molecule has 0 spiro atoms. The minimum Gasteiger partial charge on any atom is -0.379 e. The molecule has 0 bridgehead atoms. The average Bonchev–Trinajstić information content (AvgIpc) is 2.64. The lowest BCUT2D eigenvalue weighted by molar-refractivity contribution is -0.0174. The molecule has 1 aliphatic heterocycles. The van der Waals surface area contributed by atoms with Gasteiger partial charge in [-0.1, -0.05) is 31.2 Å². The third-order valence-electron chi connectivity index (χ3n) is 4.80. The van der Waals surface area contributed by atoms with E-state index in [1.807, 2.05) is 0 Å². The Balaban J connectivity index is 1.93. The molecule has 1 saturated heterocycles. The first kappa shape index (κ1) is 19.7. The molecule has 2 unspecified atom stereocenters. The van der Waals surface area contributed by atoms with Gasteiger partial charge >= 0.3 is 0 Å². The van der Waals surface area contributed by atoms with Crippen LogP contribution in [-0.4, -0.2) is 55.8 Å². The van der Waals surface area contributed by atoms with Gasteiger partial charge < -0.3 is 15.4 Å². The summed E-state index contributed by atoms with van der Waals surface area (Å²) in [6.45, 7) is 13.9. The predicted molar refractivity (Wildman–Crippen MR) is 105 cm³/mol. The summed E-state index contributed by atoms with van der Waals surface area (Å²) >= 11 is 0. The van der Waals surface area contributed by atoms with Crippen molar-refractivity contribution in [3.05, 3.63) is 35.4 Å². The second-order valence-corrected chi connectivity index (χ2v) is 6.71. The summed E-state index contributed by atoms with van der Waals surface area (Å²) in [4.78, 5) is 7.29. The van der Waals surface area contributed by atoms with Crippen LogP contribution in [0.4, 0.5) is 0 Å². The highest BCUT2D eigenvalue weighted by Crippen LogP contribution is 2.11. The van der Waals surface area contributed by atoms with Crippen molar-refractivity contribution in [3.63, 3.8) is 0 Å².